The van der Waals surface area contributed by atoms with Crippen LogP contribution in [0.25, 0.3) is 0 Å². The van der Waals surface area contributed by atoms with Gasteiger partial charge in [0.05, 0.1) is 0 Å². The van der Waals surface area contributed by atoms with Crippen LogP contribution in [0.4, 0.5) is 0 Å². The smallest absolute Gasteiger partial charge is 0.126 e. The first-order valence-electron chi connectivity index (χ1n) is 2.75. The Kier molecular flexibility index (Phi) is 3.48. The van der Waals surface area contributed by atoms with E-state index >= 15 is 0 Å². The minimum absolute atomic E-state index is 0.528. The summed E-state index contributed by atoms with van der Waals surface area (Å²) in [7, 11) is 1.70. The third kappa shape index (κ3) is 2.09. The molecule has 0 aliphatic rings. The van der Waals surface area contributed by atoms with E-state index in [-0.39, 0.29) is 0 Å². The number of rotatable bonds is 3. The van der Waals surface area contributed by atoms with Gasteiger partial charge in [-0.2, -0.15) is 0 Å². The van der Waals surface area contributed by atoms with Gasteiger partial charge in [-0.3, -0.25) is 5.32 Å². The van der Waals surface area contributed by atoms with Crippen LogP contribution in [0, 0.1) is 0 Å². The highest BCUT2D eigenvalue weighted by Gasteiger charge is 1.99. The van der Waals surface area contributed by atoms with Gasteiger partial charge in [-0.05, 0) is 19.0 Å². The number of likely N-dealkylation sites (N-methyl/N-ethyl adjacent to an activating group) is 1. The van der Waals surface area contributed by atoms with Crippen molar-refractivity contribution >= 4 is 0 Å². The number of hydrogen-bond acceptors (Lipinski definition) is 2. The predicted octanol–water partition coefficient (Wildman–Crippen LogP) is 0.490. The van der Waals surface area contributed by atoms with E-state index in [1.54, 1.807) is 7.05 Å². The van der Waals surface area contributed by atoms with E-state index in [4.69, 9.17) is 5.11 Å². The maximum absolute atomic E-state index is 8.92. The average Bonchev–Trinajstić information content (AvgIpc) is 1.84. The lowest BCUT2D eigenvalue weighted by atomic mass is 10.2. The maximum atomic E-state index is 8.92. The molecule has 1 unspecified atom stereocenters. The van der Waals surface area contributed by atoms with Crippen molar-refractivity contribution in [1.29, 1.82) is 0 Å². The zero-order valence-corrected chi connectivity index (χ0v) is 5.44. The molecule has 0 amide bonds. The molecule has 0 aliphatic carbocycles. The molecule has 0 aromatic rings. The summed E-state index contributed by atoms with van der Waals surface area (Å²) in [5, 5.41) is 11.6. The number of aliphatic hydroxyl groups excluding tert-OH is 1. The first-order valence-corrected chi connectivity index (χ1v) is 2.75. The fourth-order valence-corrected chi connectivity index (χ4v) is 0.397. The second kappa shape index (κ2) is 3.64. The number of aliphatic hydroxyl groups is 1. The summed E-state index contributed by atoms with van der Waals surface area (Å²) in [5.41, 5.74) is 0.826. The number of nitrogens with one attached hydrogen (secondary N) is 1. The molecule has 48 valence electrons. The molecule has 0 aromatic carbocycles. The molecule has 2 N–H and O–H groups in total. The van der Waals surface area contributed by atoms with Crippen LogP contribution in [0.2, 0.25) is 0 Å². The van der Waals surface area contributed by atoms with Crippen molar-refractivity contribution in [3.8, 4) is 0 Å². The van der Waals surface area contributed by atoms with E-state index in [1.165, 1.54) is 0 Å². The van der Waals surface area contributed by atoms with Crippen LogP contribution in [0.3, 0.4) is 0 Å². The summed E-state index contributed by atoms with van der Waals surface area (Å²) in [6, 6.07) is 0. The largest absolute Gasteiger partial charge is 0.375 e. The minimum atomic E-state index is -0.528. The Morgan fingerprint density at radius 2 is 2.38 bits per heavy atom. The van der Waals surface area contributed by atoms with Gasteiger partial charge in [0.25, 0.3) is 0 Å². The predicted molar refractivity (Wildman–Crippen MR) is 34.5 cm³/mol. The van der Waals surface area contributed by atoms with Crippen molar-refractivity contribution in [1.82, 2.24) is 5.32 Å². The second-order valence-electron chi connectivity index (χ2n) is 1.70. The van der Waals surface area contributed by atoms with Crippen molar-refractivity contribution in [2.75, 3.05) is 7.05 Å². The average molecular weight is 115 g/mol. The topological polar surface area (TPSA) is 32.3 Å². The molecule has 0 saturated heterocycles. The lowest BCUT2D eigenvalue weighted by Gasteiger charge is -2.08. The maximum Gasteiger partial charge on any atom is 0.126 e. The molecule has 2 nitrogen and oxygen atoms in total. The molecule has 0 rings (SSSR count). The highest BCUT2D eigenvalue weighted by atomic mass is 16.3. The van der Waals surface area contributed by atoms with Crippen LogP contribution in [0.1, 0.15) is 13.3 Å². The third-order valence-electron chi connectivity index (χ3n) is 1.11. The van der Waals surface area contributed by atoms with Crippen LogP contribution in [-0.2, 0) is 0 Å². The van der Waals surface area contributed by atoms with Crippen LogP contribution in [0.5, 0.6) is 0 Å². The lowest BCUT2D eigenvalue weighted by molar-refractivity contribution is 0.180. The monoisotopic (exact) mass is 115 g/mol. The van der Waals surface area contributed by atoms with Gasteiger partial charge < -0.3 is 5.11 Å². The van der Waals surface area contributed by atoms with E-state index in [9.17, 15) is 0 Å². The van der Waals surface area contributed by atoms with E-state index < -0.39 is 6.23 Å². The Balaban J connectivity index is 3.46. The van der Waals surface area contributed by atoms with E-state index in [0.29, 0.717) is 0 Å². The molecule has 0 saturated carbocycles. The molecule has 1 atom stereocenters. The quantitative estimate of drug-likeness (QED) is 0.414. The Hall–Kier alpha value is -0.340. The van der Waals surface area contributed by atoms with Crippen molar-refractivity contribution < 1.29 is 5.11 Å². The molecular weight excluding hydrogens is 102 g/mol. The zero-order valence-electron chi connectivity index (χ0n) is 5.44. The van der Waals surface area contributed by atoms with E-state index in [0.717, 1.165) is 12.0 Å². The van der Waals surface area contributed by atoms with Gasteiger partial charge in [-0.1, -0.05) is 13.5 Å². The van der Waals surface area contributed by atoms with Crippen LogP contribution < -0.4 is 5.32 Å². The summed E-state index contributed by atoms with van der Waals surface area (Å²) < 4.78 is 0. The van der Waals surface area contributed by atoms with E-state index in [1.807, 2.05) is 6.92 Å². The summed E-state index contributed by atoms with van der Waals surface area (Å²) in [4.78, 5) is 0. The Labute approximate surface area is 50.2 Å². The third-order valence-corrected chi connectivity index (χ3v) is 1.11. The SMILES string of the molecule is C=C(CC)C(O)NC. The van der Waals surface area contributed by atoms with Gasteiger partial charge in [0.15, 0.2) is 0 Å². The zero-order chi connectivity index (χ0) is 6.57. The van der Waals surface area contributed by atoms with Crippen LogP contribution in [0.15, 0.2) is 12.2 Å². The fraction of sp³-hybridized carbons (Fsp3) is 0.667. The van der Waals surface area contributed by atoms with Crippen molar-refractivity contribution in [2.24, 2.45) is 0 Å². The van der Waals surface area contributed by atoms with Crippen LogP contribution >= 0.6 is 0 Å². The summed E-state index contributed by atoms with van der Waals surface area (Å²) >= 11 is 0. The molecule has 0 aromatic heterocycles. The minimum Gasteiger partial charge on any atom is -0.375 e. The fourth-order valence-electron chi connectivity index (χ4n) is 0.397. The van der Waals surface area contributed by atoms with Gasteiger partial charge in [0.1, 0.15) is 6.23 Å². The highest BCUT2D eigenvalue weighted by molar-refractivity contribution is 4.98. The lowest BCUT2D eigenvalue weighted by Crippen LogP contribution is -2.25. The highest BCUT2D eigenvalue weighted by Crippen LogP contribution is 1.98. The molecular formula is C6H13NO. The Morgan fingerprint density at radius 1 is 1.88 bits per heavy atom. The van der Waals surface area contributed by atoms with Gasteiger partial charge in [0.2, 0.25) is 0 Å². The second-order valence-corrected chi connectivity index (χ2v) is 1.70. The molecule has 0 bridgehead atoms. The molecule has 8 heavy (non-hydrogen) atoms. The molecule has 0 radical (unpaired) electrons. The molecule has 0 aliphatic heterocycles. The van der Waals surface area contributed by atoms with Gasteiger partial charge in [0, 0.05) is 0 Å². The van der Waals surface area contributed by atoms with Crippen molar-refractivity contribution in [3.05, 3.63) is 12.2 Å². The van der Waals surface area contributed by atoms with E-state index in [2.05, 4.69) is 11.9 Å². The van der Waals surface area contributed by atoms with Gasteiger partial charge in [-0.25, -0.2) is 0 Å². The molecule has 0 spiro atoms. The van der Waals surface area contributed by atoms with Gasteiger partial charge in [-0.15, -0.1) is 0 Å². The normalized spacial score (nSPS) is 13.4. The first kappa shape index (κ1) is 7.66. The van der Waals surface area contributed by atoms with Crippen molar-refractivity contribution in [2.45, 2.75) is 19.6 Å². The Bertz CT molecular complexity index is 80.6. The Morgan fingerprint density at radius 3 is 2.50 bits per heavy atom. The summed E-state index contributed by atoms with van der Waals surface area (Å²) in [6.07, 6.45) is 0.294. The standard InChI is InChI=1S/C6H13NO/c1-4-5(2)6(8)7-3/h6-8H,2,4H2,1,3H3. The van der Waals surface area contributed by atoms with Gasteiger partial charge >= 0.3 is 0 Å². The summed E-state index contributed by atoms with van der Waals surface area (Å²) in [6.45, 7) is 5.59. The van der Waals surface area contributed by atoms with Crippen molar-refractivity contribution in [3.63, 3.8) is 0 Å². The van der Waals surface area contributed by atoms with Crippen LogP contribution in [-0.4, -0.2) is 18.4 Å². The summed E-state index contributed by atoms with van der Waals surface area (Å²) in [5.74, 6) is 0. The molecule has 0 fully saturated rings. The first-order chi connectivity index (χ1) is 3.72. The number of hydrogen-bond donors (Lipinski definition) is 2. The molecule has 2 heteroatoms. The molecule has 0 heterocycles.